The van der Waals surface area contributed by atoms with Crippen molar-refractivity contribution < 1.29 is 4.42 Å². The topological polar surface area (TPSA) is 64.9 Å². The summed E-state index contributed by atoms with van der Waals surface area (Å²) >= 11 is 3.38. The van der Waals surface area contributed by atoms with Crippen LogP contribution in [0.4, 0.5) is 5.69 Å². The smallest absolute Gasteiger partial charge is 0.231 e. The summed E-state index contributed by atoms with van der Waals surface area (Å²) in [6, 6.07) is 9.26. The zero-order valence-corrected chi connectivity index (χ0v) is 10.3. The van der Waals surface area contributed by atoms with E-state index >= 15 is 0 Å². The molecule has 0 radical (unpaired) electrons. The molecule has 1 aromatic carbocycles. The Morgan fingerprint density at radius 3 is 2.88 bits per heavy atom. The number of anilines is 1. The maximum atomic E-state index is 5.97. The molecule has 0 spiro atoms. The van der Waals surface area contributed by atoms with Crippen LogP contribution in [-0.2, 0) is 0 Å². The molecule has 0 bridgehead atoms. The normalized spacial score (nSPS) is 10.9. The number of hydrogen-bond donors (Lipinski definition) is 1. The number of para-hydroxylation sites is 1. The van der Waals surface area contributed by atoms with Crippen molar-refractivity contribution in [2.45, 2.75) is 0 Å². The molecular weight excluding hydrogens is 282 g/mol. The van der Waals surface area contributed by atoms with Gasteiger partial charge in [0, 0.05) is 10.7 Å². The van der Waals surface area contributed by atoms with Crippen LogP contribution in [0.1, 0.15) is 0 Å². The van der Waals surface area contributed by atoms with Crippen LogP contribution in [0.25, 0.3) is 22.7 Å². The second-order valence-electron chi connectivity index (χ2n) is 3.55. The minimum Gasteiger partial charge on any atom is -0.434 e. The van der Waals surface area contributed by atoms with Gasteiger partial charge in [0.05, 0.1) is 11.3 Å². The average Bonchev–Trinajstić information content (AvgIpc) is 2.76. The van der Waals surface area contributed by atoms with Crippen molar-refractivity contribution in [2.75, 3.05) is 5.73 Å². The average molecular weight is 290 g/mol. The third-order valence-corrected chi connectivity index (χ3v) is 3.14. The molecule has 2 N–H and O–H groups in total. The first-order chi connectivity index (χ1) is 8.25. The van der Waals surface area contributed by atoms with Crippen LogP contribution in [0.5, 0.6) is 0 Å². The molecule has 2 aromatic heterocycles. The lowest BCUT2D eigenvalue weighted by molar-refractivity contribution is 0.620. The van der Waals surface area contributed by atoms with E-state index in [2.05, 4.69) is 25.9 Å². The monoisotopic (exact) mass is 289 g/mol. The highest BCUT2D eigenvalue weighted by atomic mass is 79.9. The fourth-order valence-electron chi connectivity index (χ4n) is 1.61. The van der Waals surface area contributed by atoms with Crippen molar-refractivity contribution in [2.24, 2.45) is 0 Å². The van der Waals surface area contributed by atoms with E-state index in [1.807, 2.05) is 30.3 Å². The summed E-state index contributed by atoms with van der Waals surface area (Å²) in [7, 11) is 0. The molecule has 0 unspecified atom stereocenters. The number of hydrogen-bond acceptors (Lipinski definition) is 4. The predicted octanol–water partition coefficient (Wildman–Crippen LogP) is 3.23. The lowest BCUT2D eigenvalue weighted by atomic mass is 10.2. The molecule has 0 fully saturated rings. The van der Waals surface area contributed by atoms with E-state index in [-0.39, 0.29) is 0 Å². The number of aromatic nitrogens is 2. The highest BCUT2D eigenvalue weighted by molar-refractivity contribution is 9.10. The van der Waals surface area contributed by atoms with E-state index < -0.39 is 0 Å². The van der Waals surface area contributed by atoms with Gasteiger partial charge >= 0.3 is 0 Å². The molecule has 5 heteroatoms. The largest absolute Gasteiger partial charge is 0.434 e. The summed E-state index contributed by atoms with van der Waals surface area (Å²) in [5.41, 5.74) is 8.58. The molecular formula is C12H8BrN3O. The van der Waals surface area contributed by atoms with E-state index in [4.69, 9.17) is 10.2 Å². The van der Waals surface area contributed by atoms with Crippen molar-refractivity contribution in [3.8, 4) is 11.5 Å². The number of oxazole rings is 1. The number of nitrogens with two attached hydrogens (primary N) is 1. The zero-order valence-electron chi connectivity index (χ0n) is 8.72. The second kappa shape index (κ2) is 3.85. The Balaban J connectivity index is 2.24. The van der Waals surface area contributed by atoms with Crippen molar-refractivity contribution in [1.82, 2.24) is 9.97 Å². The summed E-state index contributed by atoms with van der Waals surface area (Å²) in [6.45, 7) is 0. The van der Waals surface area contributed by atoms with Gasteiger partial charge in [0.25, 0.3) is 0 Å². The molecule has 3 aromatic rings. The maximum absolute atomic E-state index is 5.97. The van der Waals surface area contributed by atoms with Crippen LogP contribution in [0.2, 0.25) is 0 Å². The first kappa shape index (κ1) is 10.3. The van der Waals surface area contributed by atoms with Gasteiger partial charge in [0.1, 0.15) is 0 Å². The number of pyridine rings is 1. The van der Waals surface area contributed by atoms with E-state index in [0.29, 0.717) is 22.8 Å². The molecule has 0 aliphatic carbocycles. The molecule has 0 saturated heterocycles. The van der Waals surface area contributed by atoms with Gasteiger partial charge in [-0.25, -0.2) is 4.98 Å². The minimum atomic E-state index is 0.484. The van der Waals surface area contributed by atoms with Crippen molar-refractivity contribution in [3.63, 3.8) is 0 Å². The third kappa shape index (κ3) is 1.68. The van der Waals surface area contributed by atoms with Gasteiger partial charge in [-0.2, -0.15) is 4.98 Å². The molecule has 0 amide bonds. The number of benzene rings is 1. The van der Waals surface area contributed by atoms with Gasteiger partial charge in [-0.05, 0) is 40.2 Å². The summed E-state index contributed by atoms with van der Waals surface area (Å²) < 4.78 is 6.44. The summed E-state index contributed by atoms with van der Waals surface area (Å²) in [6.07, 6.45) is 1.68. The fraction of sp³-hybridized carbons (Fsp3) is 0. The van der Waals surface area contributed by atoms with Gasteiger partial charge in [0.15, 0.2) is 11.2 Å². The lowest BCUT2D eigenvalue weighted by Gasteiger charge is -2.02. The minimum absolute atomic E-state index is 0.484. The molecule has 84 valence electrons. The Morgan fingerprint density at radius 1 is 1.18 bits per heavy atom. The Kier molecular flexibility index (Phi) is 2.33. The molecule has 17 heavy (non-hydrogen) atoms. The van der Waals surface area contributed by atoms with Crippen molar-refractivity contribution >= 4 is 32.8 Å². The third-order valence-electron chi connectivity index (χ3n) is 2.45. The zero-order chi connectivity index (χ0) is 11.8. The standard InChI is InChI=1S/C12H8BrN3O/c13-8-4-1-3-7(10(8)14)12-16-11-9(17-12)5-2-6-15-11/h1-6H,14H2. The number of halogens is 1. The van der Waals surface area contributed by atoms with Crippen LogP contribution in [-0.4, -0.2) is 9.97 Å². The maximum Gasteiger partial charge on any atom is 0.231 e. The first-order valence-electron chi connectivity index (χ1n) is 5.01. The fourth-order valence-corrected chi connectivity index (χ4v) is 1.97. The molecule has 2 heterocycles. The van der Waals surface area contributed by atoms with Crippen molar-refractivity contribution in [3.05, 3.63) is 41.0 Å². The number of nitrogen functional groups attached to an aromatic ring is 1. The van der Waals surface area contributed by atoms with Gasteiger partial charge < -0.3 is 10.2 Å². The van der Waals surface area contributed by atoms with Crippen LogP contribution in [0.3, 0.4) is 0 Å². The number of fused-ring (bicyclic) bond motifs is 1. The van der Waals surface area contributed by atoms with Gasteiger partial charge in [-0.3, -0.25) is 0 Å². The van der Waals surface area contributed by atoms with E-state index in [0.717, 1.165) is 10.0 Å². The molecule has 0 aliphatic rings. The van der Waals surface area contributed by atoms with Gasteiger partial charge in [-0.1, -0.05) is 6.07 Å². The molecule has 0 atom stereocenters. The highest BCUT2D eigenvalue weighted by Gasteiger charge is 2.12. The quantitative estimate of drug-likeness (QED) is 0.699. The molecule has 0 saturated carbocycles. The summed E-state index contributed by atoms with van der Waals surface area (Å²) in [5, 5.41) is 0. The summed E-state index contributed by atoms with van der Waals surface area (Å²) in [4.78, 5) is 8.43. The molecule has 4 nitrogen and oxygen atoms in total. The van der Waals surface area contributed by atoms with Crippen LogP contribution >= 0.6 is 15.9 Å². The van der Waals surface area contributed by atoms with E-state index in [9.17, 15) is 0 Å². The van der Waals surface area contributed by atoms with Crippen molar-refractivity contribution in [1.29, 1.82) is 0 Å². The number of rotatable bonds is 1. The van der Waals surface area contributed by atoms with Gasteiger partial charge in [0.2, 0.25) is 5.89 Å². The Morgan fingerprint density at radius 2 is 2.06 bits per heavy atom. The van der Waals surface area contributed by atoms with Gasteiger partial charge in [-0.15, -0.1) is 0 Å². The second-order valence-corrected chi connectivity index (χ2v) is 4.40. The molecule has 3 rings (SSSR count). The Bertz CT molecular complexity index is 660. The first-order valence-corrected chi connectivity index (χ1v) is 5.81. The summed E-state index contributed by atoms with van der Waals surface area (Å²) in [5.74, 6) is 0.484. The van der Waals surface area contributed by atoms with Crippen LogP contribution in [0, 0.1) is 0 Å². The highest BCUT2D eigenvalue weighted by Crippen LogP contribution is 2.32. The van der Waals surface area contributed by atoms with Crippen LogP contribution in [0.15, 0.2) is 45.4 Å². The Labute approximate surface area is 106 Å². The number of nitrogens with zero attached hydrogens (tertiary/aromatic N) is 2. The lowest BCUT2D eigenvalue weighted by Crippen LogP contribution is -1.91. The van der Waals surface area contributed by atoms with E-state index in [1.165, 1.54) is 0 Å². The van der Waals surface area contributed by atoms with Crippen LogP contribution < -0.4 is 5.73 Å². The SMILES string of the molecule is Nc1c(Br)cccc1-c1nc2ncccc2o1. The Hall–Kier alpha value is -1.88. The molecule has 0 aliphatic heterocycles. The predicted molar refractivity (Wildman–Crippen MR) is 69.4 cm³/mol. The van der Waals surface area contributed by atoms with E-state index in [1.54, 1.807) is 6.20 Å².